The van der Waals surface area contributed by atoms with Crippen molar-refractivity contribution in [1.82, 2.24) is 0 Å². The smallest absolute Gasteiger partial charge is 0.0379 e. The summed E-state index contributed by atoms with van der Waals surface area (Å²) in [7, 11) is 2.83. The Kier molecular flexibility index (Phi) is 17.8. The lowest BCUT2D eigenvalue weighted by Crippen LogP contribution is -1.95. The first-order valence-corrected chi connectivity index (χ1v) is 7.33. The minimum atomic E-state index is 0. The van der Waals surface area contributed by atoms with E-state index in [1.54, 1.807) is 0 Å². The van der Waals surface area contributed by atoms with E-state index in [0.717, 1.165) is 5.92 Å². The zero-order valence-corrected chi connectivity index (χ0v) is 12.6. The van der Waals surface area contributed by atoms with Crippen molar-refractivity contribution in [3.63, 3.8) is 0 Å². The molecule has 0 aliphatic heterocycles. The molecule has 0 aliphatic rings. The molecule has 94 valence electrons. The van der Waals surface area contributed by atoms with Gasteiger partial charge in [-0.3, -0.25) is 0 Å². The molecule has 0 saturated heterocycles. The van der Waals surface area contributed by atoms with Gasteiger partial charge < -0.3 is 0 Å². The first-order chi connectivity index (χ1) is 6.81. The molecule has 0 nitrogen and oxygen atoms in total. The molecule has 0 aromatic heterocycles. The predicted molar refractivity (Wildman–Crippen MR) is 78.2 cm³/mol. The van der Waals surface area contributed by atoms with E-state index < -0.39 is 0 Å². The van der Waals surface area contributed by atoms with E-state index in [1.165, 1.54) is 63.9 Å². The highest BCUT2D eigenvalue weighted by molar-refractivity contribution is 7.16. The van der Waals surface area contributed by atoms with Gasteiger partial charge in [-0.15, -0.1) is 21.6 Å². The molecule has 15 heavy (non-hydrogen) atoms. The summed E-state index contributed by atoms with van der Waals surface area (Å²) in [6.07, 6.45) is 14.2. The largest absolute Gasteiger partial charge is 0.147 e. The van der Waals surface area contributed by atoms with Crippen molar-refractivity contribution in [2.45, 2.75) is 71.6 Å². The Balaban J connectivity index is 0. The van der Waals surface area contributed by atoms with Gasteiger partial charge in [0.25, 0.3) is 0 Å². The van der Waals surface area contributed by atoms with Crippen LogP contribution in [0, 0.1) is 5.92 Å². The maximum Gasteiger partial charge on any atom is -0.0379 e. The van der Waals surface area contributed by atoms with Crippen LogP contribution in [0.1, 0.15) is 71.6 Å². The number of hydrogen-bond donors (Lipinski definition) is 0. The normalized spacial score (nSPS) is 12.2. The van der Waals surface area contributed by atoms with Gasteiger partial charge in [-0.05, 0) is 18.5 Å². The fourth-order valence-corrected chi connectivity index (χ4v) is 2.45. The Morgan fingerprint density at radius 2 is 1.40 bits per heavy atom. The third-order valence-electron chi connectivity index (χ3n) is 2.96. The maximum atomic E-state index is 2.83. The van der Waals surface area contributed by atoms with Gasteiger partial charge in [0.1, 0.15) is 0 Å². The van der Waals surface area contributed by atoms with Crippen molar-refractivity contribution >= 4 is 21.6 Å². The van der Waals surface area contributed by atoms with E-state index in [9.17, 15) is 0 Å². The third-order valence-corrected chi connectivity index (χ3v) is 3.29. The SMILES string of the molecule is CCCCCCCCCC(C)CCP.Cl. The van der Waals surface area contributed by atoms with Crippen LogP contribution in [0.5, 0.6) is 0 Å². The van der Waals surface area contributed by atoms with Gasteiger partial charge in [-0.2, -0.15) is 0 Å². The molecular weight excluding hydrogens is 223 g/mol. The molecule has 0 aliphatic carbocycles. The van der Waals surface area contributed by atoms with Crippen LogP contribution in [0.3, 0.4) is 0 Å². The van der Waals surface area contributed by atoms with E-state index >= 15 is 0 Å². The molecule has 0 aromatic carbocycles. The first-order valence-electron chi connectivity index (χ1n) is 6.51. The van der Waals surface area contributed by atoms with Gasteiger partial charge in [0, 0.05) is 0 Å². The first kappa shape index (κ1) is 18.1. The van der Waals surface area contributed by atoms with E-state index in [1.807, 2.05) is 0 Å². The second kappa shape index (κ2) is 14.7. The molecule has 2 unspecified atom stereocenters. The van der Waals surface area contributed by atoms with Gasteiger partial charge in [0.15, 0.2) is 0 Å². The van der Waals surface area contributed by atoms with Crippen LogP contribution in [0.25, 0.3) is 0 Å². The Bertz CT molecular complexity index is 107. The van der Waals surface area contributed by atoms with Crippen LogP contribution in [0.2, 0.25) is 0 Å². The van der Waals surface area contributed by atoms with E-state index in [2.05, 4.69) is 23.1 Å². The minimum absolute atomic E-state index is 0. The lowest BCUT2D eigenvalue weighted by atomic mass is 10.00. The second-order valence-corrected chi connectivity index (χ2v) is 5.17. The van der Waals surface area contributed by atoms with Crippen molar-refractivity contribution in [1.29, 1.82) is 0 Å². The topological polar surface area (TPSA) is 0 Å². The molecule has 0 fully saturated rings. The van der Waals surface area contributed by atoms with Crippen molar-refractivity contribution in [2.75, 3.05) is 6.16 Å². The van der Waals surface area contributed by atoms with E-state index in [-0.39, 0.29) is 12.4 Å². The minimum Gasteiger partial charge on any atom is -0.147 e. The number of halogens is 1. The molecule has 0 N–H and O–H groups in total. The summed E-state index contributed by atoms with van der Waals surface area (Å²) < 4.78 is 0. The highest BCUT2D eigenvalue weighted by atomic mass is 35.5. The van der Waals surface area contributed by atoms with Gasteiger partial charge in [-0.1, -0.05) is 65.2 Å². The number of rotatable bonds is 10. The van der Waals surface area contributed by atoms with E-state index in [0.29, 0.717) is 0 Å². The van der Waals surface area contributed by atoms with Gasteiger partial charge in [-0.25, -0.2) is 0 Å². The Morgan fingerprint density at radius 1 is 0.867 bits per heavy atom. The lowest BCUT2D eigenvalue weighted by molar-refractivity contribution is 0.473. The fraction of sp³-hybridized carbons (Fsp3) is 1.00. The molecule has 2 heteroatoms. The van der Waals surface area contributed by atoms with Gasteiger partial charge in [0.05, 0.1) is 0 Å². The highest BCUT2D eigenvalue weighted by Crippen LogP contribution is 2.15. The van der Waals surface area contributed by atoms with Crippen LogP contribution in [0.4, 0.5) is 0 Å². The monoisotopic (exact) mass is 252 g/mol. The maximum absolute atomic E-state index is 2.83. The lowest BCUT2D eigenvalue weighted by Gasteiger charge is -2.08. The average Bonchev–Trinajstić information content (AvgIpc) is 2.17. The summed E-state index contributed by atoms with van der Waals surface area (Å²) in [4.78, 5) is 0. The molecule has 0 heterocycles. The zero-order chi connectivity index (χ0) is 10.6. The summed E-state index contributed by atoms with van der Waals surface area (Å²) in [6, 6.07) is 0. The molecule has 0 rings (SSSR count). The van der Waals surface area contributed by atoms with Crippen LogP contribution >= 0.6 is 21.6 Å². The molecule has 0 radical (unpaired) electrons. The molecule has 0 spiro atoms. The van der Waals surface area contributed by atoms with E-state index in [4.69, 9.17) is 0 Å². The molecule has 0 amide bonds. The molecule has 0 bridgehead atoms. The van der Waals surface area contributed by atoms with Crippen molar-refractivity contribution in [2.24, 2.45) is 5.92 Å². The summed E-state index contributed by atoms with van der Waals surface area (Å²) in [5.74, 6) is 0.947. The summed E-state index contributed by atoms with van der Waals surface area (Å²) >= 11 is 0. The van der Waals surface area contributed by atoms with Crippen LogP contribution in [-0.4, -0.2) is 6.16 Å². The van der Waals surface area contributed by atoms with Crippen LogP contribution in [0.15, 0.2) is 0 Å². The van der Waals surface area contributed by atoms with Crippen LogP contribution < -0.4 is 0 Å². The molecule has 0 saturated carbocycles. The molecule has 0 aromatic rings. The summed E-state index contributed by atoms with van der Waals surface area (Å²) in [6.45, 7) is 4.67. The number of hydrogen-bond acceptors (Lipinski definition) is 0. The summed E-state index contributed by atoms with van der Waals surface area (Å²) in [5.41, 5.74) is 0. The quantitative estimate of drug-likeness (QED) is 0.358. The van der Waals surface area contributed by atoms with Crippen LogP contribution in [-0.2, 0) is 0 Å². The Morgan fingerprint density at radius 3 is 1.93 bits per heavy atom. The molecular formula is C13H30ClP. The van der Waals surface area contributed by atoms with Crippen molar-refractivity contribution in [3.8, 4) is 0 Å². The molecule has 2 atom stereocenters. The average molecular weight is 253 g/mol. The highest BCUT2D eigenvalue weighted by Gasteiger charge is 1.99. The Hall–Kier alpha value is 0.720. The van der Waals surface area contributed by atoms with Crippen molar-refractivity contribution < 1.29 is 0 Å². The van der Waals surface area contributed by atoms with Gasteiger partial charge >= 0.3 is 0 Å². The fourth-order valence-electron chi connectivity index (χ4n) is 1.88. The summed E-state index contributed by atoms with van der Waals surface area (Å²) in [5, 5.41) is 0. The Labute approximate surface area is 106 Å². The number of unbranched alkanes of at least 4 members (excludes halogenated alkanes) is 6. The predicted octanol–water partition coefficient (Wildman–Crippen LogP) is 5.45. The standard InChI is InChI=1S/C13H29P.ClH/c1-3-4-5-6-7-8-9-10-13(2)11-12-14;/h13H,3-12,14H2,1-2H3;1H. The van der Waals surface area contributed by atoms with Gasteiger partial charge in [0.2, 0.25) is 0 Å². The third kappa shape index (κ3) is 14.7. The second-order valence-electron chi connectivity index (χ2n) is 4.59. The zero-order valence-electron chi connectivity index (χ0n) is 10.6. The van der Waals surface area contributed by atoms with Crippen molar-refractivity contribution in [3.05, 3.63) is 0 Å².